The van der Waals surface area contributed by atoms with E-state index in [4.69, 9.17) is 4.74 Å². The predicted octanol–water partition coefficient (Wildman–Crippen LogP) is 3.54. The van der Waals surface area contributed by atoms with E-state index in [0.29, 0.717) is 6.04 Å². The van der Waals surface area contributed by atoms with Crippen molar-refractivity contribution in [3.63, 3.8) is 0 Å². The van der Waals surface area contributed by atoms with Gasteiger partial charge in [-0.2, -0.15) is 0 Å². The van der Waals surface area contributed by atoms with Gasteiger partial charge in [0, 0.05) is 6.04 Å². The Morgan fingerprint density at radius 3 is 2.47 bits per heavy atom. The minimum absolute atomic E-state index is 0.492. The second-order valence-electron chi connectivity index (χ2n) is 4.81. The molecule has 1 saturated carbocycles. The van der Waals surface area contributed by atoms with Crippen LogP contribution >= 0.6 is 0 Å². The first-order chi connectivity index (χ1) is 8.33. The first-order valence-electron chi connectivity index (χ1n) is 6.79. The van der Waals surface area contributed by atoms with E-state index in [1.54, 1.807) is 0 Å². The van der Waals surface area contributed by atoms with Crippen molar-refractivity contribution in [1.82, 2.24) is 5.32 Å². The third kappa shape index (κ3) is 3.74. The van der Waals surface area contributed by atoms with Crippen LogP contribution in [0.2, 0.25) is 0 Å². The molecule has 0 saturated heterocycles. The lowest BCUT2D eigenvalue weighted by Crippen LogP contribution is -2.22. The van der Waals surface area contributed by atoms with E-state index in [2.05, 4.69) is 36.5 Å². The molecule has 1 aromatic rings. The van der Waals surface area contributed by atoms with E-state index in [0.717, 1.165) is 24.7 Å². The Morgan fingerprint density at radius 1 is 1.24 bits per heavy atom. The van der Waals surface area contributed by atoms with Crippen LogP contribution in [-0.2, 0) is 0 Å². The highest BCUT2D eigenvalue weighted by Gasteiger charge is 2.22. The Bertz CT molecular complexity index is 329. The molecule has 94 valence electrons. The van der Waals surface area contributed by atoms with Gasteiger partial charge in [-0.15, -0.1) is 0 Å². The van der Waals surface area contributed by atoms with Crippen LogP contribution in [-0.4, -0.2) is 13.2 Å². The number of hydrogen-bond donors (Lipinski definition) is 1. The van der Waals surface area contributed by atoms with Crippen LogP contribution in [0.4, 0.5) is 0 Å². The third-order valence-electron chi connectivity index (χ3n) is 3.35. The van der Waals surface area contributed by atoms with E-state index in [1.807, 2.05) is 6.92 Å². The smallest absolute Gasteiger partial charge is 0.119 e. The topological polar surface area (TPSA) is 21.3 Å². The van der Waals surface area contributed by atoms with Gasteiger partial charge in [-0.25, -0.2) is 0 Å². The molecule has 0 heterocycles. The molecule has 0 radical (unpaired) electrons. The molecule has 0 aliphatic heterocycles. The van der Waals surface area contributed by atoms with Gasteiger partial charge in [-0.05, 0) is 56.3 Å². The molecule has 1 atom stereocenters. The van der Waals surface area contributed by atoms with Crippen molar-refractivity contribution in [2.75, 3.05) is 13.2 Å². The Labute approximate surface area is 104 Å². The zero-order valence-electron chi connectivity index (χ0n) is 10.9. The first kappa shape index (κ1) is 12.4. The van der Waals surface area contributed by atoms with Gasteiger partial charge >= 0.3 is 0 Å². The molecule has 0 bridgehead atoms. The number of nitrogens with one attached hydrogen (secondary N) is 1. The second-order valence-corrected chi connectivity index (χ2v) is 4.81. The van der Waals surface area contributed by atoms with Gasteiger partial charge in [0.1, 0.15) is 5.75 Å². The maximum atomic E-state index is 5.46. The van der Waals surface area contributed by atoms with Crippen LogP contribution in [0.25, 0.3) is 0 Å². The lowest BCUT2D eigenvalue weighted by Gasteiger charge is -2.17. The molecule has 1 aliphatic rings. The van der Waals surface area contributed by atoms with E-state index >= 15 is 0 Å². The van der Waals surface area contributed by atoms with Crippen molar-refractivity contribution in [1.29, 1.82) is 0 Å². The van der Waals surface area contributed by atoms with Crippen LogP contribution in [0.1, 0.15) is 44.7 Å². The SMILES string of the molecule is CCOc1ccc(C(CC)NCC2CC2)cc1. The summed E-state index contributed by atoms with van der Waals surface area (Å²) in [5, 5.41) is 3.66. The van der Waals surface area contributed by atoms with Crippen molar-refractivity contribution in [3.05, 3.63) is 29.8 Å². The maximum Gasteiger partial charge on any atom is 0.119 e. The fourth-order valence-corrected chi connectivity index (χ4v) is 2.09. The Hall–Kier alpha value is -1.02. The van der Waals surface area contributed by atoms with Gasteiger partial charge in [0.25, 0.3) is 0 Å². The number of rotatable bonds is 7. The summed E-state index contributed by atoms with van der Waals surface area (Å²) in [6.07, 6.45) is 3.96. The fraction of sp³-hybridized carbons (Fsp3) is 0.600. The normalized spacial score (nSPS) is 16.8. The number of ether oxygens (including phenoxy) is 1. The summed E-state index contributed by atoms with van der Waals surface area (Å²) >= 11 is 0. The van der Waals surface area contributed by atoms with Gasteiger partial charge in [0.2, 0.25) is 0 Å². The van der Waals surface area contributed by atoms with Crippen molar-refractivity contribution in [2.45, 2.75) is 39.2 Å². The minimum Gasteiger partial charge on any atom is -0.494 e. The summed E-state index contributed by atoms with van der Waals surface area (Å²) in [6.45, 7) is 6.16. The fourth-order valence-electron chi connectivity index (χ4n) is 2.09. The highest BCUT2D eigenvalue weighted by molar-refractivity contribution is 5.29. The third-order valence-corrected chi connectivity index (χ3v) is 3.35. The van der Waals surface area contributed by atoms with E-state index in [1.165, 1.54) is 24.9 Å². The molecular weight excluding hydrogens is 210 g/mol. The molecule has 2 nitrogen and oxygen atoms in total. The van der Waals surface area contributed by atoms with E-state index < -0.39 is 0 Å². The van der Waals surface area contributed by atoms with Gasteiger partial charge in [0.05, 0.1) is 6.61 Å². The molecule has 1 fully saturated rings. The largest absolute Gasteiger partial charge is 0.494 e. The van der Waals surface area contributed by atoms with Crippen molar-refractivity contribution in [2.24, 2.45) is 5.92 Å². The van der Waals surface area contributed by atoms with Crippen LogP contribution in [0.15, 0.2) is 24.3 Å². The first-order valence-corrected chi connectivity index (χ1v) is 6.79. The molecule has 0 aromatic heterocycles. The predicted molar refractivity (Wildman–Crippen MR) is 71.4 cm³/mol. The average Bonchev–Trinajstić information content (AvgIpc) is 3.16. The van der Waals surface area contributed by atoms with E-state index in [9.17, 15) is 0 Å². The van der Waals surface area contributed by atoms with Crippen molar-refractivity contribution in [3.8, 4) is 5.75 Å². The van der Waals surface area contributed by atoms with E-state index in [-0.39, 0.29) is 0 Å². The summed E-state index contributed by atoms with van der Waals surface area (Å²) in [7, 11) is 0. The molecule has 1 unspecified atom stereocenters. The number of hydrogen-bond acceptors (Lipinski definition) is 2. The average molecular weight is 233 g/mol. The molecule has 1 aromatic carbocycles. The van der Waals surface area contributed by atoms with Crippen LogP contribution in [0.3, 0.4) is 0 Å². The number of benzene rings is 1. The maximum absolute atomic E-state index is 5.46. The molecule has 1 N–H and O–H groups in total. The molecular formula is C15H23NO. The standard InChI is InChI=1S/C15H23NO/c1-3-15(16-11-12-5-6-12)13-7-9-14(10-8-13)17-4-2/h7-10,12,15-16H,3-6,11H2,1-2H3. The van der Waals surface area contributed by atoms with Gasteiger partial charge in [0.15, 0.2) is 0 Å². The van der Waals surface area contributed by atoms with Crippen molar-refractivity contribution >= 4 is 0 Å². The molecule has 1 aliphatic carbocycles. The van der Waals surface area contributed by atoms with Crippen LogP contribution in [0, 0.1) is 5.92 Å². The molecule has 17 heavy (non-hydrogen) atoms. The second kappa shape index (κ2) is 6.06. The van der Waals surface area contributed by atoms with Gasteiger partial charge < -0.3 is 10.1 Å². The highest BCUT2D eigenvalue weighted by Crippen LogP contribution is 2.29. The molecule has 2 rings (SSSR count). The molecule has 2 heteroatoms. The molecule has 0 amide bonds. The summed E-state index contributed by atoms with van der Waals surface area (Å²) in [5.41, 5.74) is 1.37. The van der Waals surface area contributed by atoms with Gasteiger partial charge in [-0.1, -0.05) is 19.1 Å². The Kier molecular flexibility index (Phi) is 4.43. The minimum atomic E-state index is 0.492. The summed E-state index contributed by atoms with van der Waals surface area (Å²) in [6, 6.07) is 8.99. The van der Waals surface area contributed by atoms with Crippen LogP contribution in [0.5, 0.6) is 5.75 Å². The Balaban J connectivity index is 1.92. The zero-order chi connectivity index (χ0) is 12.1. The van der Waals surface area contributed by atoms with Crippen molar-refractivity contribution < 1.29 is 4.74 Å². The monoisotopic (exact) mass is 233 g/mol. The lowest BCUT2D eigenvalue weighted by atomic mass is 10.0. The van der Waals surface area contributed by atoms with Gasteiger partial charge in [-0.3, -0.25) is 0 Å². The van der Waals surface area contributed by atoms with Crippen LogP contribution < -0.4 is 10.1 Å². The summed E-state index contributed by atoms with van der Waals surface area (Å²) in [5.74, 6) is 1.90. The quantitative estimate of drug-likeness (QED) is 0.778. The summed E-state index contributed by atoms with van der Waals surface area (Å²) < 4.78 is 5.46. The molecule has 0 spiro atoms. The zero-order valence-corrected chi connectivity index (χ0v) is 10.9. The lowest BCUT2D eigenvalue weighted by molar-refractivity contribution is 0.340. The summed E-state index contributed by atoms with van der Waals surface area (Å²) in [4.78, 5) is 0. The highest BCUT2D eigenvalue weighted by atomic mass is 16.5. The Morgan fingerprint density at radius 2 is 1.94 bits per heavy atom.